The highest BCUT2D eigenvalue weighted by atomic mass is 16.5. The number of aliphatic carboxylic acids is 4. The van der Waals surface area contributed by atoms with Crippen molar-refractivity contribution in [2.45, 2.75) is 55.4 Å². The van der Waals surface area contributed by atoms with Crippen LogP contribution in [0.15, 0.2) is 0 Å². The zero-order valence-electron chi connectivity index (χ0n) is 19.6. The van der Waals surface area contributed by atoms with Crippen molar-refractivity contribution in [2.24, 2.45) is 0 Å². The highest BCUT2D eigenvalue weighted by Crippen LogP contribution is 1.70. The quantitative estimate of drug-likeness (QED) is 0.285. The first kappa shape index (κ1) is 56.5. The number of hydrogen-bond donors (Lipinski definition) is 7. The molecular formula is C16H41N3O12. The highest BCUT2D eigenvalue weighted by molar-refractivity contribution is 5.66. The molecule has 0 fully saturated rings. The number of hydrogen-bond acceptors (Lipinski definition) is 11. The fraction of sp³-hybridized carbons (Fsp3) is 0.625. The monoisotopic (exact) mass is 467 g/mol. The van der Waals surface area contributed by atoms with E-state index in [1.54, 1.807) is 13.8 Å². The van der Waals surface area contributed by atoms with Gasteiger partial charge in [0, 0.05) is 41.5 Å². The van der Waals surface area contributed by atoms with Crippen molar-refractivity contribution in [3.05, 3.63) is 0 Å². The molecule has 15 nitrogen and oxygen atoms in total. The molecule has 0 saturated carbocycles. The number of carbonyl (C=O) groups is 6. The zero-order chi connectivity index (χ0) is 24.3. The predicted molar refractivity (Wildman–Crippen MR) is 113 cm³/mol. The first-order valence-electron chi connectivity index (χ1n) is 7.52. The minimum atomic E-state index is -0.833. The third-order valence-corrected chi connectivity index (χ3v) is 0.695. The molecule has 0 saturated heterocycles. The van der Waals surface area contributed by atoms with E-state index in [2.05, 4.69) is 9.47 Å². The van der Waals surface area contributed by atoms with E-state index < -0.39 is 23.9 Å². The van der Waals surface area contributed by atoms with Crippen molar-refractivity contribution in [2.75, 3.05) is 13.2 Å². The van der Waals surface area contributed by atoms with E-state index in [1.165, 1.54) is 13.8 Å². The summed E-state index contributed by atoms with van der Waals surface area (Å²) in [6.07, 6.45) is 0. The molecule has 0 atom stereocenters. The summed E-state index contributed by atoms with van der Waals surface area (Å²) in [5.41, 5.74) is 0. The summed E-state index contributed by atoms with van der Waals surface area (Å²) in [6, 6.07) is 0. The van der Waals surface area contributed by atoms with Gasteiger partial charge in [0.1, 0.15) is 0 Å². The SMILES string of the molecule is CC(=O)O.CC(=O)O.CC(=O)O.CC(=O)O.CCOC(C)=O.CCOC(C)=O.N.N.N. The average Bonchev–Trinajstić information content (AvgIpc) is 2.35. The van der Waals surface area contributed by atoms with Crippen molar-refractivity contribution in [3.8, 4) is 0 Å². The van der Waals surface area contributed by atoms with Gasteiger partial charge in [0.2, 0.25) is 0 Å². The Morgan fingerprint density at radius 1 is 0.484 bits per heavy atom. The molecule has 0 heterocycles. The molecule has 0 spiro atoms. The summed E-state index contributed by atoms with van der Waals surface area (Å²) in [7, 11) is 0. The van der Waals surface area contributed by atoms with Gasteiger partial charge in [-0.2, -0.15) is 0 Å². The van der Waals surface area contributed by atoms with Crippen LogP contribution in [0.3, 0.4) is 0 Å². The first-order valence-corrected chi connectivity index (χ1v) is 7.52. The third kappa shape index (κ3) is 2230. The summed E-state index contributed by atoms with van der Waals surface area (Å²) in [5.74, 6) is -3.75. The number of carbonyl (C=O) groups excluding carboxylic acids is 2. The second kappa shape index (κ2) is 50.4. The summed E-state index contributed by atoms with van der Waals surface area (Å²) < 4.78 is 8.81. The second-order valence-electron chi connectivity index (χ2n) is 3.93. The maximum atomic E-state index is 9.82. The molecule has 0 unspecified atom stereocenters. The van der Waals surface area contributed by atoms with Crippen molar-refractivity contribution in [1.29, 1.82) is 0 Å². The van der Waals surface area contributed by atoms with E-state index in [4.69, 9.17) is 39.6 Å². The Morgan fingerprint density at radius 3 is 0.581 bits per heavy atom. The van der Waals surface area contributed by atoms with E-state index in [9.17, 15) is 9.59 Å². The molecule has 15 heteroatoms. The van der Waals surface area contributed by atoms with Gasteiger partial charge in [-0.15, -0.1) is 0 Å². The lowest BCUT2D eigenvalue weighted by atomic mass is 10.8. The van der Waals surface area contributed by atoms with Crippen molar-refractivity contribution >= 4 is 35.8 Å². The van der Waals surface area contributed by atoms with Gasteiger partial charge in [-0.1, -0.05) is 0 Å². The Morgan fingerprint density at radius 2 is 0.581 bits per heavy atom. The fourth-order valence-electron chi connectivity index (χ4n) is 0.407. The average molecular weight is 468 g/mol. The highest BCUT2D eigenvalue weighted by Gasteiger charge is 1.82. The third-order valence-electron chi connectivity index (χ3n) is 0.695. The first-order chi connectivity index (χ1) is 12.5. The van der Waals surface area contributed by atoms with Gasteiger partial charge in [-0.05, 0) is 13.8 Å². The molecule has 0 aliphatic carbocycles. The van der Waals surface area contributed by atoms with Crippen LogP contribution in [-0.4, -0.2) is 69.5 Å². The molecule has 0 aromatic heterocycles. The Hall–Kier alpha value is -3.30. The molecule has 0 rings (SSSR count). The molecule has 0 aliphatic heterocycles. The van der Waals surface area contributed by atoms with Crippen molar-refractivity contribution in [1.82, 2.24) is 18.5 Å². The minimum Gasteiger partial charge on any atom is -0.481 e. The Bertz CT molecular complexity index is 364. The van der Waals surface area contributed by atoms with Crippen LogP contribution in [-0.2, 0) is 38.2 Å². The van der Waals surface area contributed by atoms with E-state index >= 15 is 0 Å². The van der Waals surface area contributed by atoms with Crippen LogP contribution in [0.4, 0.5) is 0 Å². The van der Waals surface area contributed by atoms with Crippen LogP contribution in [0.25, 0.3) is 0 Å². The van der Waals surface area contributed by atoms with Gasteiger partial charge < -0.3 is 48.4 Å². The van der Waals surface area contributed by atoms with Crippen LogP contribution in [0.2, 0.25) is 0 Å². The van der Waals surface area contributed by atoms with Crippen LogP contribution in [0, 0.1) is 0 Å². The number of rotatable bonds is 2. The van der Waals surface area contributed by atoms with Gasteiger partial charge in [-0.25, -0.2) is 0 Å². The molecule has 0 bridgehead atoms. The number of esters is 2. The molecular weight excluding hydrogens is 426 g/mol. The molecule has 13 N–H and O–H groups in total. The van der Waals surface area contributed by atoms with Gasteiger partial charge in [0.25, 0.3) is 23.9 Å². The molecule has 0 radical (unpaired) electrons. The number of ether oxygens (including phenoxy) is 2. The molecule has 0 amide bonds. The van der Waals surface area contributed by atoms with E-state index in [1.807, 2.05) is 0 Å². The van der Waals surface area contributed by atoms with Crippen LogP contribution in [0.1, 0.15) is 55.4 Å². The number of carboxylic acid groups (broad SMARTS) is 4. The largest absolute Gasteiger partial charge is 0.481 e. The van der Waals surface area contributed by atoms with Gasteiger partial charge >= 0.3 is 11.9 Å². The zero-order valence-corrected chi connectivity index (χ0v) is 19.6. The maximum absolute atomic E-state index is 9.82. The Balaban J connectivity index is -0.0000000265. The predicted octanol–water partition coefficient (Wildman–Crippen LogP) is 1.99. The summed E-state index contributed by atoms with van der Waals surface area (Å²) in [5, 5.41) is 29.7. The Kier molecular flexibility index (Phi) is 91.9. The van der Waals surface area contributed by atoms with E-state index in [0.717, 1.165) is 27.7 Å². The maximum Gasteiger partial charge on any atom is 0.302 e. The molecule has 31 heavy (non-hydrogen) atoms. The molecule has 0 aromatic carbocycles. The van der Waals surface area contributed by atoms with Crippen molar-refractivity contribution < 1.29 is 58.7 Å². The molecule has 0 aliphatic rings. The standard InChI is InChI=1S/2C4H8O2.4C2H4O2.3H3N/c2*1-3-6-4(2)5;4*1-2(3)4;;;/h2*3H2,1-2H3;4*1H3,(H,3,4);3*1H3. The van der Waals surface area contributed by atoms with Crippen LogP contribution < -0.4 is 18.5 Å². The lowest BCUT2D eigenvalue weighted by molar-refractivity contribution is -0.141. The topological polar surface area (TPSA) is 307 Å². The van der Waals surface area contributed by atoms with Gasteiger partial charge in [0.15, 0.2) is 0 Å². The second-order valence-corrected chi connectivity index (χ2v) is 3.93. The number of carboxylic acids is 4. The summed E-state index contributed by atoms with van der Waals surface area (Å²) in [6.45, 7) is 11.6. The van der Waals surface area contributed by atoms with Crippen LogP contribution in [0.5, 0.6) is 0 Å². The molecule has 192 valence electrons. The van der Waals surface area contributed by atoms with Gasteiger partial charge in [-0.3, -0.25) is 28.8 Å². The normalized spacial score (nSPS) is 6.19. The van der Waals surface area contributed by atoms with Crippen molar-refractivity contribution in [3.63, 3.8) is 0 Å². The van der Waals surface area contributed by atoms with E-state index in [-0.39, 0.29) is 30.4 Å². The smallest absolute Gasteiger partial charge is 0.302 e. The minimum absolute atomic E-state index is 0. The summed E-state index contributed by atoms with van der Waals surface area (Å²) >= 11 is 0. The Labute approximate surface area is 182 Å². The fourth-order valence-corrected chi connectivity index (χ4v) is 0.407. The summed E-state index contributed by atoms with van der Waals surface area (Å²) in [4.78, 5) is 55.6. The molecule has 0 aromatic rings. The lowest BCUT2D eigenvalue weighted by Gasteiger charge is -1.89. The van der Waals surface area contributed by atoms with Gasteiger partial charge in [0.05, 0.1) is 13.2 Å². The lowest BCUT2D eigenvalue weighted by Crippen LogP contribution is -1.95. The van der Waals surface area contributed by atoms with E-state index in [0.29, 0.717) is 13.2 Å². The van der Waals surface area contributed by atoms with Crippen LogP contribution >= 0.6 is 0 Å².